The smallest absolute Gasteiger partial charge is 0.242 e. The first-order valence-electron chi connectivity index (χ1n) is 12.3. The monoisotopic (exact) mass is 569 g/mol. The van der Waals surface area contributed by atoms with Crippen LogP contribution >= 0.6 is 23.2 Å². The fraction of sp³-hybridized carbons (Fsp3) is 0.481. The molecule has 0 unspecified atom stereocenters. The number of carbonyl (C=O) groups is 2. The molecule has 0 aliphatic heterocycles. The number of anilines is 1. The highest BCUT2D eigenvalue weighted by atomic mass is 35.5. The minimum Gasteiger partial charge on any atom is -0.352 e. The normalized spacial score (nSPS) is 13.1. The van der Waals surface area contributed by atoms with Gasteiger partial charge in [0, 0.05) is 41.2 Å². The van der Waals surface area contributed by atoms with E-state index in [9.17, 15) is 18.0 Å². The molecule has 10 heteroatoms. The van der Waals surface area contributed by atoms with Crippen molar-refractivity contribution in [2.24, 2.45) is 0 Å². The van der Waals surface area contributed by atoms with Gasteiger partial charge < -0.3 is 10.2 Å². The molecule has 2 aromatic carbocycles. The van der Waals surface area contributed by atoms with Gasteiger partial charge in [-0.2, -0.15) is 0 Å². The van der Waals surface area contributed by atoms with Crippen LogP contribution in [0.3, 0.4) is 0 Å². The van der Waals surface area contributed by atoms with Gasteiger partial charge in [-0.3, -0.25) is 13.9 Å². The maximum atomic E-state index is 13.5. The zero-order valence-corrected chi connectivity index (χ0v) is 24.7. The highest BCUT2D eigenvalue weighted by Crippen LogP contribution is 2.28. The maximum absolute atomic E-state index is 13.5. The Morgan fingerprint density at radius 1 is 1.05 bits per heavy atom. The van der Waals surface area contributed by atoms with E-state index < -0.39 is 16.1 Å². The molecule has 0 aromatic heterocycles. The Hall–Kier alpha value is -2.29. The van der Waals surface area contributed by atoms with Crippen LogP contribution in [0, 0.1) is 13.8 Å². The molecule has 2 atom stereocenters. The lowest BCUT2D eigenvalue weighted by Crippen LogP contribution is -2.49. The number of benzene rings is 2. The molecule has 0 saturated heterocycles. The summed E-state index contributed by atoms with van der Waals surface area (Å²) in [6, 6.07) is 9.88. The van der Waals surface area contributed by atoms with E-state index in [0.29, 0.717) is 21.3 Å². The van der Waals surface area contributed by atoms with Crippen molar-refractivity contribution in [3.63, 3.8) is 0 Å². The molecule has 2 rings (SSSR count). The van der Waals surface area contributed by atoms with Crippen molar-refractivity contribution in [3.05, 3.63) is 63.1 Å². The summed E-state index contributed by atoms with van der Waals surface area (Å²) in [6.07, 6.45) is 2.22. The molecule has 0 bridgehead atoms. The van der Waals surface area contributed by atoms with E-state index in [0.717, 1.165) is 23.8 Å². The number of nitrogens with one attached hydrogen (secondary N) is 1. The van der Waals surface area contributed by atoms with Gasteiger partial charge in [-0.05, 0) is 69.9 Å². The summed E-state index contributed by atoms with van der Waals surface area (Å²) in [5, 5.41) is 3.72. The van der Waals surface area contributed by atoms with E-state index in [1.807, 2.05) is 45.9 Å². The molecule has 0 fully saturated rings. The van der Waals surface area contributed by atoms with Crippen LogP contribution in [-0.4, -0.2) is 50.0 Å². The third kappa shape index (κ3) is 8.62. The van der Waals surface area contributed by atoms with Crippen molar-refractivity contribution in [3.8, 4) is 0 Å². The lowest BCUT2D eigenvalue weighted by molar-refractivity contribution is -0.140. The largest absolute Gasteiger partial charge is 0.352 e. The van der Waals surface area contributed by atoms with E-state index in [4.69, 9.17) is 23.2 Å². The number of halogens is 2. The van der Waals surface area contributed by atoms with Crippen LogP contribution in [0.1, 0.15) is 56.7 Å². The number of nitrogens with zero attached hydrogens (tertiary/aromatic N) is 2. The van der Waals surface area contributed by atoms with Gasteiger partial charge in [0.25, 0.3) is 0 Å². The molecule has 7 nitrogen and oxygen atoms in total. The van der Waals surface area contributed by atoms with Gasteiger partial charge in [0.15, 0.2) is 0 Å². The van der Waals surface area contributed by atoms with E-state index >= 15 is 0 Å². The van der Waals surface area contributed by atoms with Crippen LogP contribution in [-0.2, 0) is 26.2 Å². The standard InChI is InChI=1S/C27H37Cl2N3O4S/c1-7-20(4)30-27(34)21(5)31(17-22-23(28)10-8-11-24(22)29)26(33)12-9-15-32(37(6,35)36)25-16-18(2)13-14-19(25)3/h8,10-11,13-14,16,20-21H,7,9,12,15,17H2,1-6H3,(H,30,34)/t20-,21+/m0/s1. The number of sulfonamides is 1. The molecule has 0 heterocycles. The molecule has 0 radical (unpaired) electrons. The first-order chi connectivity index (χ1) is 17.3. The minimum absolute atomic E-state index is 0.0416. The Morgan fingerprint density at radius 3 is 2.24 bits per heavy atom. The van der Waals surface area contributed by atoms with Crippen LogP contribution in [0.5, 0.6) is 0 Å². The second-order valence-corrected chi connectivity index (χ2v) is 12.2. The molecular weight excluding hydrogens is 533 g/mol. The van der Waals surface area contributed by atoms with E-state index in [1.54, 1.807) is 25.1 Å². The number of hydrogen-bond acceptors (Lipinski definition) is 4. The molecular formula is C27H37Cl2N3O4S. The molecule has 0 saturated carbocycles. The van der Waals surface area contributed by atoms with Gasteiger partial charge in [-0.1, -0.05) is 48.3 Å². The fourth-order valence-corrected chi connectivity index (χ4v) is 5.40. The van der Waals surface area contributed by atoms with Crippen LogP contribution in [0.25, 0.3) is 0 Å². The topological polar surface area (TPSA) is 86.8 Å². The highest BCUT2D eigenvalue weighted by molar-refractivity contribution is 7.92. The van der Waals surface area contributed by atoms with Crippen molar-refractivity contribution in [1.82, 2.24) is 10.2 Å². The Kier molecular flexibility index (Phi) is 11.3. The van der Waals surface area contributed by atoms with Crippen molar-refractivity contribution < 1.29 is 18.0 Å². The van der Waals surface area contributed by atoms with Gasteiger partial charge in [0.1, 0.15) is 6.04 Å². The average molecular weight is 571 g/mol. The predicted octanol–water partition coefficient (Wildman–Crippen LogP) is 5.49. The van der Waals surface area contributed by atoms with Gasteiger partial charge in [0.2, 0.25) is 21.8 Å². The molecule has 0 spiro atoms. The molecule has 0 aliphatic carbocycles. The van der Waals surface area contributed by atoms with Gasteiger partial charge in [-0.15, -0.1) is 0 Å². The summed E-state index contributed by atoms with van der Waals surface area (Å²) < 4.78 is 26.5. The van der Waals surface area contributed by atoms with Crippen LogP contribution < -0.4 is 9.62 Å². The third-order valence-electron chi connectivity index (χ3n) is 6.34. The Morgan fingerprint density at radius 2 is 1.68 bits per heavy atom. The molecule has 2 aromatic rings. The minimum atomic E-state index is -3.57. The average Bonchev–Trinajstić information content (AvgIpc) is 2.82. The number of amides is 2. The van der Waals surface area contributed by atoms with E-state index in [-0.39, 0.29) is 43.8 Å². The molecule has 1 N–H and O–H groups in total. The Balaban J connectivity index is 2.26. The molecule has 2 amide bonds. The Labute approximate surface area is 231 Å². The SMILES string of the molecule is CC[C@H](C)NC(=O)[C@@H](C)N(Cc1c(Cl)cccc1Cl)C(=O)CCCN(c1cc(C)ccc1C)S(C)(=O)=O. The van der Waals surface area contributed by atoms with E-state index in [1.165, 1.54) is 9.21 Å². The van der Waals surface area contributed by atoms with Gasteiger partial charge >= 0.3 is 0 Å². The number of carbonyl (C=O) groups excluding carboxylic acids is 2. The summed E-state index contributed by atoms with van der Waals surface area (Å²) in [5.74, 6) is -0.573. The summed E-state index contributed by atoms with van der Waals surface area (Å²) in [5.41, 5.74) is 2.91. The number of hydrogen-bond donors (Lipinski definition) is 1. The highest BCUT2D eigenvalue weighted by Gasteiger charge is 2.28. The molecule has 204 valence electrons. The summed E-state index contributed by atoms with van der Waals surface area (Å²) in [6.45, 7) is 9.46. The summed E-state index contributed by atoms with van der Waals surface area (Å²) >= 11 is 12.7. The lowest BCUT2D eigenvalue weighted by Gasteiger charge is -2.31. The number of rotatable bonds is 12. The van der Waals surface area contributed by atoms with Crippen molar-refractivity contribution in [2.45, 2.75) is 72.5 Å². The van der Waals surface area contributed by atoms with Crippen molar-refractivity contribution in [1.29, 1.82) is 0 Å². The zero-order valence-electron chi connectivity index (χ0n) is 22.3. The molecule has 37 heavy (non-hydrogen) atoms. The van der Waals surface area contributed by atoms with Crippen molar-refractivity contribution in [2.75, 3.05) is 17.1 Å². The van der Waals surface area contributed by atoms with Gasteiger partial charge in [-0.25, -0.2) is 8.42 Å². The van der Waals surface area contributed by atoms with E-state index in [2.05, 4.69) is 5.32 Å². The molecule has 0 aliphatic rings. The zero-order chi connectivity index (χ0) is 27.9. The quantitative estimate of drug-likeness (QED) is 0.366. The Bertz CT molecular complexity index is 1200. The second kappa shape index (κ2) is 13.5. The van der Waals surface area contributed by atoms with Crippen LogP contribution in [0.4, 0.5) is 5.69 Å². The third-order valence-corrected chi connectivity index (χ3v) is 8.23. The lowest BCUT2D eigenvalue weighted by atomic mass is 10.1. The number of aryl methyl sites for hydroxylation is 2. The van der Waals surface area contributed by atoms with Gasteiger partial charge in [0.05, 0.1) is 11.9 Å². The first kappa shape index (κ1) is 30.9. The van der Waals surface area contributed by atoms with Crippen LogP contribution in [0.2, 0.25) is 10.0 Å². The van der Waals surface area contributed by atoms with Crippen LogP contribution in [0.15, 0.2) is 36.4 Å². The predicted molar refractivity (Wildman–Crippen MR) is 152 cm³/mol. The second-order valence-electron chi connectivity index (χ2n) is 9.44. The fourth-order valence-electron chi connectivity index (χ4n) is 3.87. The van der Waals surface area contributed by atoms with Crippen molar-refractivity contribution >= 4 is 50.7 Å². The first-order valence-corrected chi connectivity index (χ1v) is 14.9. The maximum Gasteiger partial charge on any atom is 0.242 e. The summed E-state index contributed by atoms with van der Waals surface area (Å²) in [7, 11) is -3.57. The summed E-state index contributed by atoms with van der Waals surface area (Å²) in [4.78, 5) is 27.8.